The van der Waals surface area contributed by atoms with Gasteiger partial charge in [0, 0.05) is 19.5 Å². The molecule has 0 radical (unpaired) electrons. The van der Waals surface area contributed by atoms with E-state index in [0.29, 0.717) is 12.3 Å². The van der Waals surface area contributed by atoms with Gasteiger partial charge in [0.2, 0.25) is 0 Å². The third-order valence-corrected chi connectivity index (χ3v) is 3.75. The third kappa shape index (κ3) is 3.46. The van der Waals surface area contributed by atoms with Gasteiger partial charge < -0.3 is 15.3 Å². The molecule has 0 amide bonds. The lowest BCUT2D eigenvalue weighted by Gasteiger charge is -2.33. The lowest BCUT2D eigenvalue weighted by Crippen LogP contribution is -2.39. The normalized spacial score (nSPS) is 31.8. The smallest absolute Gasteiger partial charge is 0.303 e. The molecule has 92 valence electrons. The zero-order valence-corrected chi connectivity index (χ0v) is 9.82. The van der Waals surface area contributed by atoms with Crippen molar-refractivity contribution >= 4 is 5.97 Å². The molecule has 16 heavy (non-hydrogen) atoms. The zero-order chi connectivity index (χ0) is 11.4. The molecule has 2 fully saturated rings. The number of carboxylic acid groups (broad SMARTS) is 1. The minimum atomic E-state index is -0.644. The van der Waals surface area contributed by atoms with Gasteiger partial charge >= 0.3 is 5.97 Å². The van der Waals surface area contributed by atoms with Crippen LogP contribution in [0.5, 0.6) is 0 Å². The highest BCUT2D eigenvalue weighted by Crippen LogP contribution is 2.21. The number of hydrogen-bond acceptors (Lipinski definition) is 3. The largest absolute Gasteiger partial charge is 0.481 e. The summed E-state index contributed by atoms with van der Waals surface area (Å²) in [5, 5.41) is 12.2. The van der Waals surface area contributed by atoms with Crippen LogP contribution in [-0.4, -0.2) is 48.7 Å². The molecule has 2 saturated heterocycles. The number of nitrogens with zero attached hydrogens (tertiary/aromatic N) is 1. The van der Waals surface area contributed by atoms with Crippen LogP contribution in [0, 0.1) is 11.8 Å². The van der Waals surface area contributed by atoms with Gasteiger partial charge in [-0.3, -0.25) is 4.79 Å². The number of nitrogens with one attached hydrogen (secondary N) is 1. The second kappa shape index (κ2) is 5.64. The topological polar surface area (TPSA) is 52.6 Å². The number of carbonyl (C=O) groups is 1. The molecule has 0 aromatic heterocycles. The minimum Gasteiger partial charge on any atom is -0.481 e. The first kappa shape index (κ1) is 11.9. The Bertz CT molecular complexity index is 239. The molecule has 0 bridgehead atoms. The van der Waals surface area contributed by atoms with Crippen molar-refractivity contribution in [3.8, 4) is 0 Å². The summed E-state index contributed by atoms with van der Waals surface area (Å²) < 4.78 is 0. The van der Waals surface area contributed by atoms with Crippen molar-refractivity contribution in [2.45, 2.75) is 25.7 Å². The number of piperidine rings is 1. The average Bonchev–Trinajstić information content (AvgIpc) is 2.70. The van der Waals surface area contributed by atoms with Crippen molar-refractivity contribution < 1.29 is 9.90 Å². The van der Waals surface area contributed by atoms with Crippen LogP contribution in [0.25, 0.3) is 0 Å². The van der Waals surface area contributed by atoms with Crippen molar-refractivity contribution in [1.82, 2.24) is 10.2 Å². The summed E-state index contributed by atoms with van der Waals surface area (Å²) in [5.74, 6) is 0.513. The molecule has 4 heteroatoms. The van der Waals surface area contributed by atoms with Crippen LogP contribution >= 0.6 is 0 Å². The number of carboxylic acids is 1. The maximum absolute atomic E-state index is 10.7. The van der Waals surface area contributed by atoms with E-state index in [1.54, 1.807) is 0 Å². The minimum absolute atomic E-state index is 0.347. The summed E-state index contributed by atoms with van der Waals surface area (Å²) in [6.45, 7) is 5.59. The van der Waals surface area contributed by atoms with Gasteiger partial charge in [0.25, 0.3) is 0 Å². The molecule has 2 N–H and O–H groups in total. The third-order valence-electron chi connectivity index (χ3n) is 3.75. The van der Waals surface area contributed by atoms with Gasteiger partial charge in [-0.25, -0.2) is 0 Å². The van der Waals surface area contributed by atoms with Crippen molar-refractivity contribution in [3.63, 3.8) is 0 Å². The number of likely N-dealkylation sites (tertiary alicyclic amines) is 1. The Morgan fingerprint density at radius 1 is 1.38 bits per heavy atom. The van der Waals surface area contributed by atoms with Crippen molar-refractivity contribution in [1.29, 1.82) is 0 Å². The van der Waals surface area contributed by atoms with Crippen LogP contribution in [0.1, 0.15) is 25.7 Å². The molecule has 0 saturated carbocycles. The second-order valence-electron chi connectivity index (χ2n) is 5.22. The number of aliphatic carboxylic acids is 1. The van der Waals surface area contributed by atoms with Gasteiger partial charge in [-0.05, 0) is 50.7 Å². The van der Waals surface area contributed by atoms with Gasteiger partial charge in [0.15, 0.2) is 0 Å². The molecule has 1 unspecified atom stereocenters. The SMILES string of the molecule is O=C(O)C[C@@H]1CCCN(CC2CCNC2)C1. The molecule has 0 aromatic carbocycles. The van der Waals surface area contributed by atoms with Crippen LogP contribution in [0.15, 0.2) is 0 Å². The first-order valence-electron chi connectivity index (χ1n) is 6.39. The molecule has 0 aliphatic carbocycles. The summed E-state index contributed by atoms with van der Waals surface area (Å²) >= 11 is 0. The Morgan fingerprint density at radius 3 is 2.94 bits per heavy atom. The van der Waals surface area contributed by atoms with Crippen molar-refractivity contribution in [3.05, 3.63) is 0 Å². The van der Waals surface area contributed by atoms with E-state index in [1.165, 1.54) is 6.42 Å². The van der Waals surface area contributed by atoms with Gasteiger partial charge in [-0.15, -0.1) is 0 Å². The van der Waals surface area contributed by atoms with E-state index in [2.05, 4.69) is 10.2 Å². The van der Waals surface area contributed by atoms with Gasteiger partial charge in [0.05, 0.1) is 0 Å². The molecule has 0 aromatic rings. The lowest BCUT2D eigenvalue weighted by atomic mass is 9.94. The Kier molecular flexibility index (Phi) is 4.18. The van der Waals surface area contributed by atoms with E-state index in [4.69, 9.17) is 5.11 Å². The first-order valence-corrected chi connectivity index (χ1v) is 6.39. The van der Waals surface area contributed by atoms with Crippen LogP contribution in [0.4, 0.5) is 0 Å². The maximum atomic E-state index is 10.7. The molecule has 4 nitrogen and oxygen atoms in total. The lowest BCUT2D eigenvalue weighted by molar-refractivity contribution is -0.138. The van der Waals surface area contributed by atoms with E-state index < -0.39 is 5.97 Å². The second-order valence-corrected chi connectivity index (χ2v) is 5.22. The van der Waals surface area contributed by atoms with E-state index in [1.807, 2.05) is 0 Å². The maximum Gasteiger partial charge on any atom is 0.303 e. The van der Waals surface area contributed by atoms with Crippen molar-refractivity contribution in [2.24, 2.45) is 11.8 Å². The number of hydrogen-bond donors (Lipinski definition) is 2. The number of rotatable bonds is 4. The summed E-state index contributed by atoms with van der Waals surface area (Å²) in [6, 6.07) is 0. The summed E-state index contributed by atoms with van der Waals surface area (Å²) in [6.07, 6.45) is 3.88. The molecular weight excluding hydrogens is 204 g/mol. The van der Waals surface area contributed by atoms with Crippen molar-refractivity contribution in [2.75, 3.05) is 32.7 Å². The monoisotopic (exact) mass is 226 g/mol. The van der Waals surface area contributed by atoms with E-state index >= 15 is 0 Å². The van der Waals surface area contributed by atoms with Gasteiger partial charge in [-0.1, -0.05) is 0 Å². The highest BCUT2D eigenvalue weighted by atomic mass is 16.4. The van der Waals surface area contributed by atoms with Crippen LogP contribution in [0.2, 0.25) is 0 Å². The first-order chi connectivity index (χ1) is 7.74. The van der Waals surface area contributed by atoms with Gasteiger partial charge in [0.1, 0.15) is 0 Å². The van der Waals surface area contributed by atoms with Crippen LogP contribution in [-0.2, 0) is 4.79 Å². The highest BCUT2D eigenvalue weighted by Gasteiger charge is 2.24. The quantitative estimate of drug-likeness (QED) is 0.744. The molecule has 2 heterocycles. The fourth-order valence-corrected chi connectivity index (χ4v) is 2.97. The average molecular weight is 226 g/mol. The van der Waals surface area contributed by atoms with E-state index in [9.17, 15) is 4.79 Å². The molecule has 0 spiro atoms. The summed E-state index contributed by atoms with van der Waals surface area (Å²) in [7, 11) is 0. The Labute approximate surface area is 97.0 Å². The summed E-state index contributed by atoms with van der Waals surface area (Å²) in [5.41, 5.74) is 0. The zero-order valence-electron chi connectivity index (χ0n) is 9.82. The fourth-order valence-electron chi connectivity index (χ4n) is 2.97. The van der Waals surface area contributed by atoms with E-state index in [-0.39, 0.29) is 0 Å². The molecule has 2 aliphatic heterocycles. The Balaban J connectivity index is 1.74. The molecule has 2 aliphatic rings. The summed E-state index contributed by atoms with van der Waals surface area (Å²) in [4.78, 5) is 13.2. The van der Waals surface area contributed by atoms with Crippen LogP contribution < -0.4 is 5.32 Å². The van der Waals surface area contributed by atoms with Gasteiger partial charge in [-0.2, -0.15) is 0 Å². The molecular formula is C12H22N2O2. The predicted molar refractivity (Wildman–Crippen MR) is 62.4 cm³/mol. The highest BCUT2D eigenvalue weighted by molar-refractivity contribution is 5.67. The van der Waals surface area contributed by atoms with Crippen LogP contribution in [0.3, 0.4) is 0 Å². The Hall–Kier alpha value is -0.610. The standard InChI is InChI=1S/C12H22N2O2/c15-12(16)6-10-2-1-5-14(8-10)9-11-3-4-13-7-11/h10-11,13H,1-9H2,(H,15,16)/t10-,11?/m0/s1. The van der Waals surface area contributed by atoms with E-state index in [0.717, 1.165) is 51.5 Å². The fraction of sp³-hybridized carbons (Fsp3) is 0.917. The molecule has 2 atom stereocenters. The molecule has 2 rings (SSSR count). The predicted octanol–water partition coefficient (Wildman–Crippen LogP) is 0.783. The Morgan fingerprint density at radius 2 is 2.25 bits per heavy atom.